The van der Waals surface area contributed by atoms with E-state index < -0.39 is 0 Å². The van der Waals surface area contributed by atoms with E-state index in [1.54, 1.807) is 0 Å². The molecule has 1 aromatic rings. The Morgan fingerprint density at radius 3 is 3.11 bits per heavy atom. The fourth-order valence-corrected chi connectivity index (χ4v) is 4.03. The maximum absolute atomic E-state index is 4.49. The van der Waals surface area contributed by atoms with Gasteiger partial charge in [0.1, 0.15) is 0 Å². The van der Waals surface area contributed by atoms with Crippen LogP contribution >= 0.6 is 11.8 Å². The predicted octanol–water partition coefficient (Wildman–Crippen LogP) is 4.72. The van der Waals surface area contributed by atoms with Crippen LogP contribution in [-0.4, -0.2) is 16.8 Å². The van der Waals surface area contributed by atoms with Crippen molar-refractivity contribution in [3.63, 3.8) is 0 Å². The number of rotatable bonds is 6. The molecule has 1 aromatic heterocycles. The lowest BCUT2D eigenvalue weighted by molar-refractivity contribution is 0.394. The fourth-order valence-electron chi connectivity index (χ4n) is 2.67. The van der Waals surface area contributed by atoms with Crippen LogP contribution in [0, 0.1) is 5.92 Å². The molecule has 2 rings (SSSR count). The number of hydrogen-bond donors (Lipinski definition) is 1. The molecule has 0 aliphatic heterocycles. The van der Waals surface area contributed by atoms with Gasteiger partial charge in [-0.1, -0.05) is 26.7 Å². The van der Waals surface area contributed by atoms with Crippen LogP contribution in [0.1, 0.15) is 51.6 Å². The van der Waals surface area contributed by atoms with E-state index in [2.05, 4.69) is 48.0 Å². The number of nitrogens with one attached hydrogen (secondary N) is 1. The van der Waals surface area contributed by atoms with Crippen molar-refractivity contribution >= 4 is 17.4 Å². The molecule has 0 amide bonds. The van der Waals surface area contributed by atoms with Crippen molar-refractivity contribution in [1.29, 1.82) is 0 Å². The van der Waals surface area contributed by atoms with Gasteiger partial charge in [0.05, 0.1) is 5.69 Å². The van der Waals surface area contributed by atoms with Crippen molar-refractivity contribution in [2.24, 2.45) is 5.92 Å². The number of nitrogens with zero attached hydrogens (tertiary/aromatic N) is 1. The molecule has 2 atom stereocenters. The zero-order valence-corrected chi connectivity index (χ0v) is 13.0. The van der Waals surface area contributed by atoms with Crippen LogP contribution in [-0.2, 0) is 5.75 Å². The quantitative estimate of drug-likeness (QED) is 0.815. The number of pyridine rings is 1. The lowest BCUT2D eigenvalue weighted by Gasteiger charge is -2.26. The van der Waals surface area contributed by atoms with Gasteiger partial charge < -0.3 is 5.32 Å². The van der Waals surface area contributed by atoms with Gasteiger partial charge in [-0.3, -0.25) is 4.98 Å². The normalized spacial score (nSPS) is 23.3. The Bertz CT molecular complexity index is 381. The van der Waals surface area contributed by atoms with Gasteiger partial charge in [0.15, 0.2) is 0 Å². The molecule has 1 aliphatic carbocycles. The van der Waals surface area contributed by atoms with E-state index in [-0.39, 0.29) is 0 Å². The smallest absolute Gasteiger partial charge is 0.0523 e. The van der Waals surface area contributed by atoms with E-state index in [0.29, 0.717) is 0 Å². The van der Waals surface area contributed by atoms with Crippen LogP contribution < -0.4 is 5.32 Å². The second kappa shape index (κ2) is 7.78. The predicted molar refractivity (Wildman–Crippen MR) is 85.7 cm³/mol. The third kappa shape index (κ3) is 5.06. The lowest BCUT2D eigenvalue weighted by Crippen LogP contribution is -2.15. The minimum atomic E-state index is 0.845. The summed E-state index contributed by atoms with van der Waals surface area (Å²) in [6.45, 7) is 5.62. The SMILES string of the molecule is CCCNc1ccnc(CSC2CCCC(C)C2)c1. The first kappa shape index (κ1) is 14.7. The second-order valence-corrected chi connectivity index (χ2v) is 6.96. The van der Waals surface area contributed by atoms with Crippen molar-refractivity contribution in [2.75, 3.05) is 11.9 Å². The van der Waals surface area contributed by atoms with E-state index >= 15 is 0 Å². The van der Waals surface area contributed by atoms with Crippen LogP contribution in [0.15, 0.2) is 18.3 Å². The maximum atomic E-state index is 4.49. The van der Waals surface area contributed by atoms with E-state index in [4.69, 9.17) is 0 Å². The third-order valence-corrected chi connectivity index (χ3v) is 5.11. The highest BCUT2D eigenvalue weighted by Crippen LogP contribution is 2.33. The van der Waals surface area contributed by atoms with Crippen LogP contribution in [0.5, 0.6) is 0 Å². The largest absolute Gasteiger partial charge is 0.385 e. The standard InChI is InChI=1S/C16H26N2S/c1-3-8-17-14-7-9-18-15(11-14)12-19-16-6-4-5-13(2)10-16/h7,9,11,13,16H,3-6,8,10,12H2,1-2H3,(H,17,18). The summed E-state index contributed by atoms with van der Waals surface area (Å²) in [7, 11) is 0. The topological polar surface area (TPSA) is 24.9 Å². The molecular formula is C16H26N2S. The van der Waals surface area contributed by atoms with Crippen molar-refractivity contribution in [1.82, 2.24) is 4.98 Å². The minimum Gasteiger partial charge on any atom is -0.385 e. The average Bonchev–Trinajstić information content (AvgIpc) is 2.43. The summed E-state index contributed by atoms with van der Waals surface area (Å²) < 4.78 is 0. The molecule has 1 N–H and O–H groups in total. The molecule has 2 nitrogen and oxygen atoms in total. The van der Waals surface area contributed by atoms with Gasteiger partial charge >= 0.3 is 0 Å². The zero-order chi connectivity index (χ0) is 13.5. The van der Waals surface area contributed by atoms with Gasteiger partial charge in [-0.25, -0.2) is 0 Å². The highest BCUT2D eigenvalue weighted by Gasteiger charge is 2.19. The van der Waals surface area contributed by atoms with Gasteiger partial charge in [-0.05, 0) is 37.3 Å². The van der Waals surface area contributed by atoms with E-state index in [1.807, 2.05) is 6.20 Å². The number of anilines is 1. The Kier molecular flexibility index (Phi) is 6.02. The Balaban J connectivity index is 1.81. The molecule has 0 bridgehead atoms. The van der Waals surface area contributed by atoms with Crippen LogP contribution in [0.25, 0.3) is 0 Å². The molecule has 1 fully saturated rings. The summed E-state index contributed by atoms with van der Waals surface area (Å²) in [6.07, 6.45) is 8.70. The zero-order valence-electron chi connectivity index (χ0n) is 12.2. The van der Waals surface area contributed by atoms with E-state index in [9.17, 15) is 0 Å². The highest BCUT2D eigenvalue weighted by molar-refractivity contribution is 7.99. The van der Waals surface area contributed by atoms with Crippen LogP contribution in [0.4, 0.5) is 5.69 Å². The average molecular weight is 278 g/mol. The van der Waals surface area contributed by atoms with Crippen LogP contribution in [0.3, 0.4) is 0 Å². The summed E-state index contributed by atoms with van der Waals surface area (Å²) in [5.41, 5.74) is 2.42. The summed E-state index contributed by atoms with van der Waals surface area (Å²) in [5.74, 6) is 1.97. The molecule has 2 unspecified atom stereocenters. The van der Waals surface area contributed by atoms with Crippen molar-refractivity contribution in [2.45, 2.75) is 57.0 Å². The summed E-state index contributed by atoms with van der Waals surface area (Å²) >= 11 is 2.10. The van der Waals surface area contributed by atoms with E-state index in [0.717, 1.165) is 29.9 Å². The fraction of sp³-hybridized carbons (Fsp3) is 0.688. The van der Waals surface area contributed by atoms with Crippen LogP contribution in [0.2, 0.25) is 0 Å². The maximum Gasteiger partial charge on any atom is 0.0523 e. The Morgan fingerprint density at radius 2 is 2.32 bits per heavy atom. The van der Waals surface area contributed by atoms with Gasteiger partial charge in [0.2, 0.25) is 0 Å². The molecule has 0 radical (unpaired) electrons. The molecule has 1 heterocycles. The summed E-state index contributed by atoms with van der Waals surface area (Å²) in [5, 5.41) is 4.28. The Hall–Kier alpha value is -0.700. The van der Waals surface area contributed by atoms with Gasteiger partial charge in [-0.15, -0.1) is 0 Å². The molecular weight excluding hydrogens is 252 g/mol. The first-order valence-electron chi connectivity index (χ1n) is 7.58. The number of hydrogen-bond acceptors (Lipinski definition) is 3. The molecule has 106 valence electrons. The molecule has 0 spiro atoms. The summed E-state index contributed by atoms with van der Waals surface area (Å²) in [6, 6.07) is 4.27. The highest BCUT2D eigenvalue weighted by atomic mass is 32.2. The summed E-state index contributed by atoms with van der Waals surface area (Å²) in [4.78, 5) is 4.49. The minimum absolute atomic E-state index is 0.845. The monoisotopic (exact) mass is 278 g/mol. The van der Waals surface area contributed by atoms with Gasteiger partial charge in [0.25, 0.3) is 0 Å². The molecule has 1 aliphatic rings. The van der Waals surface area contributed by atoms with E-state index in [1.165, 1.54) is 37.1 Å². The lowest BCUT2D eigenvalue weighted by atomic mass is 9.91. The Labute approximate surface area is 121 Å². The molecule has 0 aromatic carbocycles. The first-order chi connectivity index (χ1) is 9.28. The van der Waals surface area contributed by atoms with Crippen molar-refractivity contribution < 1.29 is 0 Å². The molecule has 0 saturated heterocycles. The molecule has 1 saturated carbocycles. The number of thioether (sulfide) groups is 1. The molecule has 19 heavy (non-hydrogen) atoms. The van der Waals surface area contributed by atoms with Gasteiger partial charge in [-0.2, -0.15) is 11.8 Å². The second-order valence-electron chi connectivity index (χ2n) is 5.67. The van der Waals surface area contributed by atoms with Gasteiger partial charge in [0, 0.05) is 29.4 Å². The molecule has 3 heteroatoms. The third-order valence-electron chi connectivity index (χ3n) is 3.75. The van der Waals surface area contributed by atoms with Crippen molar-refractivity contribution in [3.8, 4) is 0 Å². The van der Waals surface area contributed by atoms with Crippen molar-refractivity contribution in [3.05, 3.63) is 24.0 Å². The number of aromatic nitrogens is 1. The Morgan fingerprint density at radius 1 is 1.42 bits per heavy atom. The first-order valence-corrected chi connectivity index (χ1v) is 8.63.